The molecule has 0 aromatic carbocycles. The van der Waals surface area contributed by atoms with Crippen molar-refractivity contribution in [1.29, 1.82) is 0 Å². The molecule has 0 saturated carbocycles. The molecule has 1 fully saturated rings. The van der Waals surface area contributed by atoms with Gasteiger partial charge in [0.1, 0.15) is 0 Å². The molecule has 0 spiro atoms. The average molecular weight is 227 g/mol. The topological polar surface area (TPSA) is 75.6 Å². The van der Waals surface area contributed by atoms with E-state index in [4.69, 9.17) is 9.84 Å². The van der Waals surface area contributed by atoms with Gasteiger partial charge in [0.2, 0.25) is 5.91 Å². The number of amides is 1. The Hall–Kier alpha value is -1.36. The molecule has 1 aliphatic rings. The normalized spacial score (nSPS) is 17.5. The highest BCUT2D eigenvalue weighted by Gasteiger charge is 2.13. The van der Waals surface area contributed by atoms with Gasteiger partial charge in [-0.25, -0.2) is 4.79 Å². The van der Waals surface area contributed by atoms with Gasteiger partial charge in [-0.3, -0.25) is 4.79 Å². The van der Waals surface area contributed by atoms with E-state index in [1.54, 1.807) is 0 Å². The van der Waals surface area contributed by atoms with Crippen molar-refractivity contribution in [2.45, 2.75) is 19.3 Å². The summed E-state index contributed by atoms with van der Waals surface area (Å²) in [6, 6.07) is 0. The van der Waals surface area contributed by atoms with Crippen LogP contribution < -0.4 is 5.32 Å². The van der Waals surface area contributed by atoms with Crippen LogP contribution in [0.3, 0.4) is 0 Å². The fourth-order valence-electron chi connectivity index (χ4n) is 1.64. The molecule has 2 N–H and O–H groups in total. The number of nitrogens with one attached hydrogen (secondary N) is 1. The van der Waals surface area contributed by atoms with E-state index >= 15 is 0 Å². The highest BCUT2D eigenvalue weighted by atomic mass is 16.5. The van der Waals surface area contributed by atoms with Crippen molar-refractivity contribution in [1.82, 2.24) is 5.32 Å². The molecule has 1 rings (SSSR count). The number of hydrogen-bond acceptors (Lipinski definition) is 3. The molecule has 0 atom stereocenters. The first-order chi connectivity index (χ1) is 7.68. The molecule has 90 valence electrons. The van der Waals surface area contributed by atoms with E-state index in [0.717, 1.165) is 44.6 Å². The van der Waals surface area contributed by atoms with Gasteiger partial charge in [-0.2, -0.15) is 0 Å². The summed E-state index contributed by atoms with van der Waals surface area (Å²) >= 11 is 0. The van der Waals surface area contributed by atoms with Crippen LogP contribution in [0.15, 0.2) is 12.2 Å². The third kappa shape index (κ3) is 5.50. The van der Waals surface area contributed by atoms with Crippen LogP contribution in [0.2, 0.25) is 0 Å². The zero-order valence-electron chi connectivity index (χ0n) is 9.15. The lowest BCUT2D eigenvalue weighted by Crippen LogP contribution is -2.26. The van der Waals surface area contributed by atoms with Gasteiger partial charge in [-0.1, -0.05) is 0 Å². The second kappa shape index (κ2) is 7.00. The average Bonchev–Trinajstić information content (AvgIpc) is 2.28. The molecule has 1 heterocycles. The molecule has 1 saturated heterocycles. The van der Waals surface area contributed by atoms with Crippen molar-refractivity contribution in [2.75, 3.05) is 19.8 Å². The van der Waals surface area contributed by atoms with Crippen LogP contribution in [0.5, 0.6) is 0 Å². The molecule has 0 aromatic heterocycles. The van der Waals surface area contributed by atoms with E-state index in [1.807, 2.05) is 0 Å². The standard InChI is InChI=1S/C11H17NO4/c13-10(1-2-11(14)15)12-6-3-9-4-7-16-8-5-9/h1-2,9H,3-8H2,(H,12,13)(H,14,15)/b2-1+. The molecule has 0 radical (unpaired) electrons. The number of rotatable bonds is 5. The molecular formula is C11H17NO4. The van der Waals surface area contributed by atoms with Crippen LogP contribution in [-0.4, -0.2) is 36.7 Å². The highest BCUT2D eigenvalue weighted by Crippen LogP contribution is 2.17. The summed E-state index contributed by atoms with van der Waals surface area (Å²) in [4.78, 5) is 21.2. The summed E-state index contributed by atoms with van der Waals surface area (Å²) in [6.45, 7) is 2.20. The van der Waals surface area contributed by atoms with Crippen molar-refractivity contribution in [3.05, 3.63) is 12.2 Å². The Kier molecular flexibility index (Phi) is 5.56. The minimum Gasteiger partial charge on any atom is -0.478 e. The minimum absolute atomic E-state index is 0.352. The van der Waals surface area contributed by atoms with Crippen LogP contribution in [-0.2, 0) is 14.3 Å². The van der Waals surface area contributed by atoms with Gasteiger partial charge in [-0.05, 0) is 25.2 Å². The van der Waals surface area contributed by atoms with E-state index in [9.17, 15) is 9.59 Å². The maximum atomic E-state index is 11.1. The van der Waals surface area contributed by atoms with Crippen LogP contribution >= 0.6 is 0 Å². The predicted molar refractivity (Wildman–Crippen MR) is 57.9 cm³/mol. The van der Waals surface area contributed by atoms with Gasteiger partial charge >= 0.3 is 5.97 Å². The van der Waals surface area contributed by atoms with Gasteiger partial charge in [-0.15, -0.1) is 0 Å². The van der Waals surface area contributed by atoms with Crippen LogP contribution in [0.4, 0.5) is 0 Å². The number of ether oxygens (including phenoxy) is 1. The maximum Gasteiger partial charge on any atom is 0.328 e. The third-order valence-corrected chi connectivity index (χ3v) is 2.57. The van der Waals surface area contributed by atoms with E-state index in [0.29, 0.717) is 12.5 Å². The van der Waals surface area contributed by atoms with E-state index < -0.39 is 5.97 Å². The Morgan fingerprint density at radius 2 is 2.00 bits per heavy atom. The molecule has 5 nitrogen and oxygen atoms in total. The third-order valence-electron chi connectivity index (χ3n) is 2.57. The van der Waals surface area contributed by atoms with E-state index in [-0.39, 0.29) is 5.91 Å². The second-order valence-electron chi connectivity index (χ2n) is 3.81. The van der Waals surface area contributed by atoms with Gasteiger partial charge in [0, 0.05) is 31.9 Å². The fraction of sp³-hybridized carbons (Fsp3) is 0.636. The Morgan fingerprint density at radius 1 is 1.31 bits per heavy atom. The molecule has 16 heavy (non-hydrogen) atoms. The van der Waals surface area contributed by atoms with Crippen molar-refractivity contribution in [3.63, 3.8) is 0 Å². The summed E-state index contributed by atoms with van der Waals surface area (Å²) < 4.78 is 5.23. The SMILES string of the molecule is O=C(O)/C=C/C(=O)NCCC1CCOCC1. The number of carboxylic acids is 1. The Bertz CT molecular complexity index is 269. The summed E-state index contributed by atoms with van der Waals surface area (Å²) in [5.74, 6) is -0.855. The number of carboxylic acid groups (broad SMARTS) is 1. The summed E-state index contributed by atoms with van der Waals surface area (Å²) in [7, 11) is 0. The van der Waals surface area contributed by atoms with Gasteiger partial charge in [0.25, 0.3) is 0 Å². The lowest BCUT2D eigenvalue weighted by atomic mass is 9.97. The van der Waals surface area contributed by atoms with E-state index in [2.05, 4.69) is 5.32 Å². The monoisotopic (exact) mass is 227 g/mol. The van der Waals surface area contributed by atoms with Crippen molar-refractivity contribution < 1.29 is 19.4 Å². The molecule has 5 heteroatoms. The first kappa shape index (κ1) is 12.7. The number of hydrogen-bond donors (Lipinski definition) is 2. The van der Waals surface area contributed by atoms with Crippen LogP contribution in [0.1, 0.15) is 19.3 Å². The summed E-state index contributed by atoms with van der Waals surface area (Å²) in [5, 5.41) is 11.0. The highest BCUT2D eigenvalue weighted by molar-refractivity contribution is 5.93. The van der Waals surface area contributed by atoms with E-state index in [1.165, 1.54) is 0 Å². The quantitative estimate of drug-likeness (QED) is 0.673. The first-order valence-electron chi connectivity index (χ1n) is 5.45. The van der Waals surface area contributed by atoms with Gasteiger partial charge in [0.05, 0.1) is 0 Å². The number of aliphatic carboxylic acids is 1. The maximum absolute atomic E-state index is 11.1. The molecule has 0 aromatic rings. The fourth-order valence-corrected chi connectivity index (χ4v) is 1.64. The smallest absolute Gasteiger partial charge is 0.328 e. The van der Waals surface area contributed by atoms with Crippen LogP contribution in [0.25, 0.3) is 0 Å². The van der Waals surface area contributed by atoms with Crippen LogP contribution in [0, 0.1) is 5.92 Å². The summed E-state index contributed by atoms with van der Waals surface area (Å²) in [5.41, 5.74) is 0. The Morgan fingerprint density at radius 3 is 2.62 bits per heavy atom. The molecule has 0 unspecified atom stereocenters. The Balaban J connectivity index is 2.09. The van der Waals surface area contributed by atoms with Crippen molar-refractivity contribution in [3.8, 4) is 0 Å². The van der Waals surface area contributed by atoms with Crippen molar-refractivity contribution >= 4 is 11.9 Å². The molecule has 0 aliphatic carbocycles. The van der Waals surface area contributed by atoms with Crippen molar-refractivity contribution in [2.24, 2.45) is 5.92 Å². The molecule has 1 amide bonds. The number of carbonyl (C=O) groups is 2. The lowest BCUT2D eigenvalue weighted by Gasteiger charge is -2.21. The molecule has 0 bridgehead atoms. The zero-order chi connectivity index (χ0) is 11.8. The number of carbonyl (C=O) groups excluding carboxylic acids is 1. The van der Waals surface area contributed by atoms with Gasteiger partial charge in [0.15, 0.2) is 0 Å². The largest absolute Gasteiger partial charge is 0.478 e. The summed E-state index contributed by atoms with van der Waals surface area (Å²) in [6.07, 6.45) is 4.88. The Labute approximate surface area is 94.5 Å². The second-order valence-corrected chi connectivity index (χ2v) is 3.81. The molecular weight excluding hydrogens is 210 g/mol. The predicted octanol–water partition coefficient (Wildman–Crippen LogP) is 0.560. The van der Waals surface area contributed by atoms with Gasteiger partial charge < -0.3 is 15.2 Å². The zero-order valence-corrected chi connectivity index (χ0v) is 9.15. The lowest BCUT2D eigenvalue weighted by molar-refractivity contribution is -0.131. The first-order valence-corrected chi connectivity index (χ1v) is 5.45. The molecule has 1 aliphatic heterocycles. The minimum atomic E-state index is -1.11.